The van der Waals surface area contributed by atoms with Crippen LogP contribution in [-0.4, -0.2) is 56.6 Å². The zero-order valence-electron chi connectivity index (χ0n) is 7.62. The molecule has 0 atom stereocenters. The first-order valence-corrected chi connectivity index (χ1v) is 4.10. The standard InChI is InChI=1S/C8H13NO4/c1-12-5-7(10)4-9-2-3-13-6-8(9)11/h2-6H2,1H3. The van der Waals surface area contributed by atoms with E-state index in [1.165, 1.54) is 12.0 Å². The molecule has 1 aliphatic heterocycles. The molecule has 0 N–H and O–H groups in total. The van der Waals surface area contributed by atoms with Gasteiger partial charge in [0.1, 0.15) is 13.2 Å². The van der Waals surface area contributed by atoms with Gasteiger partial charge in [-0.2, -0.15) is 0 Å². The van der Waals surface area contributed by atoms with Crippen molar-refractivity contribution in [3.8, 4) is 0 Å². The maximum absolute atomic E-state index is 11.1. The second-order valence-corrected chi connectivity index (χ2v) is 2.84. The van der Waals surface area contributed by atoms with Crippen LogP contribution in [0.5, 0.6) is 0 Å². The van der Waals surface area contributed by atoms with Crippen molar-refractivity contribution in [2.45, 2.75) is 0 Å². The first kappa shape index (κ1) is 10.1. The van der Waals surface area contributed by atoms with Gasteiger partial charge in [-0.05, 0) is 0 Å². The molecule has 0 spiro atoms. The van der Waals surface area contributed by atoms with Crippen LogP contribution in [0.1, 0.15) is 0 Å². The van der Waals surface area contributed by atoms with Gasteiger partial charge in [-0.1, -0.05) is 0 Å². The van der Waals surface area contributed by atoms with E-state index in [0.717, 1.165) is 0 Å². The van der Waals surface area contributed by atoms with Gasteiger partial charge in [-0.3, -0.25) is 9.59 Å². The Morgan fingerprint density at radius 3 is 3.08 bits per heavy atom. The molecule has 5 nitrogen and oxygen atoms in total. The summed E-state index contributed by atoms with van der Waals surface area (Å²) in [6.07, 6.45) is 0. The summed E-state index contributed by atoms with van der Waals surface area (Å²) in [5.41, 5.74) is 0. The Morgan fingerprint density at radius 1 is 1.69 bits per heavy atom. The Labute approximate surface area is 76.6 Å². The van der Waals surface area contributed by atoms with Gasteiger partial charge >= 0.3 is 0 Å². The molecular weight excluding hydrogens is 174 g/mol. The third-order valence-electron chi connectivity index (χ3n) is 1.76. The van der Waals surface area contributed by atoms with Crippen molar-refractivity contribution in [1.82, 2.24) is 4.90 Å². The van der Waals surface area contributed by atoms with Crippen LogP contribution in [0, 0.1) is 0 Å². The van der Waals surface area contributed by atoms with E-state index in [1.54, 1.807) is 0 Å². The van der Waals surface area contributed by atoms with Crippen LogP contribution >= 0.6 is 0 Å². The molecule has 1 amide bonds. The number of amides is 1. The van der Waals surface area contributed by atoms with Gasteiger partial charge < -0.3 is 14.4 Å². The minimum atomic E-state index is -0.129. The molecular formula is C8H13NO4. The van der Waals surface area contributed by atoms with Gasteiger partial charge in [0.15, 0.2) is 5.78 Å². The lowest BCUT2D eigenvalue weighted by Crippen LogP contribution is -2.44. The number of nitrogens with zero attached hydrogens (tertiary/aromatic N) is 1. The molecule has 13 heavy (non-hydrogen) atoms. The topological polar surface area (TPSA) is 55.8 Å². The highest BCUT2D eigenvalue weighted by atomic mass is 16.5. The third-order valence-corrected chi connectivity index (χ3v) is 1.76. The Kier molecular flexibility index (Phi) is 3.85. The number of hydrogen-bond donors (Lipinski definition) is 0. The highest BCUT2D eigenvalue weighted by Gasteiger charge is 2.20. The number of ether oxygens (including phenoxy) is 2. The molecule has 0 aliphatic carbocycles. The molecule has 1 fully saturated rings. The van der Waals surface area contributed by atoms with Crippen LogP contribution in [-0.2, 0) is 19.1 Å². The number of carbonyl (C=O) groups is 2. The first-order chi connectivity index (χ1) is 6.24. The summed E-state index contributed by atoms with van der Waals surface area (Å²) < 4.78 is 9.58. The smallest absolute Gasteiger partial charge is 0.249 e. The molecule has 1 heterocycles. The minimum absolute atomic E-state index is 0.0602. The van der Waals surface area contributed by atoms with E-state index >= 15 is 0 Å². The lowest BCUT2D eigenvalue weighted by molar-refractivity contribution is -0.146. The van der Waals surface area contributed by atoms with Crippen molar-refractivity contribution < 1.29 is 19.1 Å². The number of rotatable bonds is 4. The molecule has 1 aliphatic rings. The Balaban J connectivity index is 2.33. The predicted octanol–water partition coefficient (Wildman–Crippen LogP) is -0.939. The monoisotopic (exact) mass is 187 g/mol. The summed E-state index contributed by atoms with van der Waals surface area (Å²) in [4.78, 5) is 23.7. The van der Waals surface area contributed by atoms with Gasteiger partial charge in [0.25, 0.3) is 0 Å². The second kappa shape index (κ2) is 4.94. The van der Waals surface area contributed by atoms with Gasteiger partial charge in [0.05, 0.1) is 13.2 Å². The normalized spacial score (nSPS) is 17.6. The molecule has 5 heteroatoms. The lowest BCUT2D eigenvalue weighted by atomic mass is 10.3. The van der Waals surface area contributed by atoms with E-state index in [-0.39, 0.29) is 31.4 Å². The fourth-order valence-corrected chi connectivity index (χ4v) is 1.14. The van der Waals surface area contributed by atoms with Crippen molar-refractivity contribution in [3.63, 3.8) is 0 Å². The van der Waals surface area contributed by atoms with Gasteiger partial charge in [-0.25, -0.2) is 0 Å². The number of Topliss-reactive ketones (excluding diaryl/α,β-unsaturated/α-hetero) is 1. The molecule has 1 saturated heterocycles. The molecule has 0 bridgehead atoms. The summed E-state index contributed by atoms with van der Waals surface area (Å²) >= 11 is 0. The first-order valence-electron chi connectivity index (χ1n) is 4.10. The van der Waals surface area contributed by atoms with E-state index in [0.29, 0.717) is 13.2 Å². The summed E-state index contributed by atoms with van der Waals surface area (Å²) in [5, 5.41) is 0. The average Bonchev–Trinajstić information content (AvgIpc) is 2.09. The van der Waals surface area contributed by atoms with Crippen molar-refractivity contribution in [3.05, 3.63) is 0 Å². The van der Waals surface area contributed by atoms with Gasteiger partial charge in [-0.15, -0.1) is 0 Å². The molecule has 0 unspecified atom stereocenters. The number of morpholine rings is 1. The molecule has 1 rings (SSSR count). The van der Waals surface area contributed by atoms with E-state index < -0.39 is 0 Å². The lowest BCUT2D eigenvalue weighted by Gasteiger charge is -2.25. The molecule has 0 aromatic heterocycles. The molecule has 0 saturated carbocycles. The number of methoxy groups -OCH3 is 1. The van der Waals surface area contributed by atoms with Crippen molar-refractivity contribution in [1.29, 1.82) is 0 Å². The number of hydrogen-bond acceptors (Lipinski definition) is 4. The number of carbonyl (C=O) groups excluding carboxylic acids is 2. The summed E-state index contributed by atoms with van der Waals surface area (Å²) in [5.74, 6) is -0.214. The predicted molar refractivity (Wildman–Crippen MR) is 44.3 cm³/mol. The zero-order chi connectivity index (χ0) is 9.68. The highest BCUT2D eigenvalue weighted by molar-refractivity contribution is 5.87. The van der Waals surface area contributed by atoms with Crippen LogP contribution < -0.4 is 0 Å². The van der Waals surface area contributed by atoms with Gasteiger partial charge in [0, 0.05) is 13.7 Å². The maximum atomic E-state index is 11.1. The quantitative estimate of drug-likeness (QED) is 0.570. The average molecular weight is 187 g/mol. The van der Waals surface area contributed by atoms with E-state index in [4.69, 9.17) is 4.74 Å². The van der Waals surface area contributed by atoms with Crippen molar-refractivity contribution in [2.24, 2.45) is 0 Å². The van der Waals surface area contributed by atoms with Crippen LogP contribution in [0.3, 0.4) is 0 Å². The molecule has 0 aromatic rings. The van der Waals surface area contributed by atoms with Crippen LogP contribution in [0.2, 0.25) is 0 Å². The largest absolute Gasteiger partial charge is 0.377 e. The van der Waals surface area contributed by atoms with Gasteiger partial charge in [0.2, 0.25) is 5.91 Å². The van der Waals surface area contributed by atoms with Crippen LogP contribution in [0.4, 0.5) is 0 Å². The molecule has 0 radical (unpaired) electrons. The van der Waals surface area contributed by atoms with Crippen LogP contribution in [0.15, 0.2) is 0 Å². The van der Waals surface area contributed by atoms with E-state index in [2.05, 4.69) is 4.74 Å². The fraction of sp³-hybridized carbons (Fsp3) is 0.750. The molecule has 74 valence electrons. The summed E-state index contributed by atoms with van der Waals surface area (Å²) in [6.45, 7) is 1.28. The molecule has 0 aromatic carbocycles. The Morgan fingerprint density at radius 2 is 2.46 bits per heavy atom. The maximum Gasteiger partial charge on any atom is 0.249 e. The Hall–Kier alpha value is -0.940. The summed E-state index contributed by atoms with van der Waals surface area (Å²) in [7, 11) is 1.46. The highest BCUT2D eigenvalue weighted by Crippen LogP contribution is 1.98. The SMILES string of the molecule is COCC(=O)CN1CCOCC1=O. The van der Waals surface area contributed by atoms with E-state index in [9.17, 15) is 9.59 Å². The Bertz CT molecular complexity index is 204. The number of ketones is 1. The third kappa shape index (κ3) is 3.12. The van der Waals surface area contributed by atoms with Crippen molar-refractivity contribution >= 4 is 11.7 Å². The zero-order valence-corrected chi connectivity index (χ0v) is 7.62. The van der Waals surface area contributed by atoms with Crippen molar-refractivity contribution in [2.75, 3.05) is 40.0 Å². The summed E-state index contributed by atoms with van der Waals surface area (Å²) in [6, 6.07) is 0. The minimum Gasteiger partial charge on any atom is -0.377 e. The fourth-order valence-electron chi connectivity index (χ4n) is 1.14. The van der Waals surface area contributed by atoms with E-state index in [1.807, 2.05) is 0 Å². The van der Waals surface area contributed by atoms with Crippen LogP contribution in [0.25, 0.3) is 0 Å². The second-order valence-electron chi connectivity index (χ2n) is 2.84.